The van der Waals surface area contributed by atoms with E-state index in [1.54, 1.807) is 11.9 Å². The van der Waals surface area contributed by atoms with Crippen LogP contribution in [0.3, 0.4) is 0 Å². The van der Waals surface area contributed by atoms with Gasteiger partial charge in [-0.25, -0.2) is 5.01 Å². The summed E-state index contributed by atoms with van der Waals surface area (Å²) in [5.74, 6) is -0.229. The molecule has 3 rings (SSSR count). The number of anilines is 1. The van der Waals surface area contributed by atoms with Crippen molar-refractivity contribution in [3.05, 3.63) is 65.7 Å². The maximum absolute atomic E-state index is 12.7. The Bertz CT molecular complexity index is 797. The number of hydrazone groups is 1. The molecule has 0 radical (unpaired) electrons. The lowest BCUT2D eigenvalue weighted by Crippen LogP contribution is -2.39. The maximum atomic E-state index is 12.7. The summed E-state index contributed by atoms with van der Waals surface area (Å²) in [6.45, 7) is 2.38. The first-order chi connectivity index (χ1) is 12.0. The Morgan fingerprint density at radius 1 is 1.08 bits per heavy atom. The molecule has 0 bridgehead atoms. The molecule has 2 aromatic carbocycles. The van der Waals surface area contributed by atoms with Gasteiger partial charge in [0.2, 0.25) is 5.91 Å². The van der Waals surface area contributed by atoms with Crippen molar-refractivity contribution in [3.8, 4) is 0 Å². The number of carbonyl (C=O) groups is 2. The summed E-state index contributed by atoms with van der Waals surface area (Å²) in [6.07, 6.45) is 0.679. The fraction of sp³-hybridized carbons (Fsp3) is 0.250. The van der Waals surface area contributed by atoms with Gasteiger partial charge in [0.1, 0.15) is 5.71 Å². The van der Waals surface area contributed by atoms with E-state index in [1.807, 2.05) is 61.5 Å². The monoisotopic (exact) mass is 335 g/mol. The van der Waals surface area contributed by atoms with Crippen molar-refractivity contribution in [2.24, 2.45) is 5.10 Å². The molecule has 0 spiro atoms. The van der Waals surface area contributed by atoms with E-state index in [1.165, 1.54) is 5.01 Å². The largest absolute Gasteiger partial charge is 0.310 e. The summed E-state index contributed by atoms with van der Waals surface area (Å²) in [6, 6.07) is 17.4. The number of amides is 2. The van der Waals surface area contributed by atoms with Gasteiger partial charge in [-0.1, -0.05) is 48.0 Å². The third-order valence-electron chi connectivity index (χ3n) is 4.25. The van der Waals surface area contributed by atoms with Gasteiger partial charge >= 0.3 is 0 Å². The van der Waals surface area contributed by atoms with Gasteiger partial charge in [-0.05, 0) is 24.6 Å². The van der Waals surface area contributed by atoms with Crippen molar-refractivity contribution in [2.75, 3.05) is 11.9 Å². The highest BCUT2D eigenvalue weighted by Crippen LogP contribution is 2.18. The van der Waals surface area contributed by atoms with Crippen LogP contribution in [0.5, 0.6) is 0 Å². The van der Waals surface area contributed by atoms with Crippen LogP contribution in [0.4, 0.5) is 5.69 Å². The molecule has 25 heavy (non-hydrogen) atoms. The minimum absolute atomic E-state index is 0.0570. The standard InChI is InChI=1S/C20H21N3O2/c1-15-8-10-17(11-9-15)22(2)20(25)18-12-13-19(24)23(21-18)14-16-6-4-3-5-7-16/h3-11H,12-14H2,1-2H3. The summed E-state index contributed by atoms with van der Waals surface area (Å²) < 4.78 is 0. The zero-order chi connectivity index (χ0) is 17.8. The van der Waals surface area contributed by atoms with Crippen molar-refractivity contribution in [3.63, 3.8) is 0 Å². The van der Waals surface area contributed by atoms with Crippen molar-refractivity contribution < 1.29 is 9.59 Å². The number of aryl methyl sites for hydroxylation is 1. The van der Waals surface area contributed by atoms with Gasteiger partial charge < -0.3 is 4.90 Å². The normalized spacial score (nSPS) is 14.2. The van der Waals surface area contributed by atoms with E-state index in [9.17, 15) is 9.59 Å². The summed E-state index contributed by atoms with van der Waals surface area (Å²) in [4.78, 5) is 26.5. The lowest BCUT2D eigenvalue weighted by Gasteiger charge is -2.25. The molecule has 0 unspecified atom stereocenters. The lowest BCUT2D eigenvalue weighted by atomic mass is 10.1. The topological polar surface area (TPSA) is 53.0 Å². The van der Waals surface area contributed by atoms with Crippen LogP contribution < -0.4 is 4.90 Å². The van der Waals surface area contributed by atoms with E-state index in [0.29, 0.717) is 25.1 Å². The third-order valence-corrected chi connectivity index (χ3v) is 4.25. The molecule has 5 nitrogen and oxygen atoms in total. The van der Waals surface area contributed by atoms with Gasteiger partial charge in [0.15, 0.2) is 0 Å². The van der Waals surface area contributed by atoms with E-state index in [4.69, 9.17) is 0 Å². The molecule has 0 fully saturated rings. The molecule has 2 amide bonds. The van der Waals surface area contributed by atoms with Crippen molar-refractivity contribution in [1.29, 1.82) is 0 Å². The average Bonchev–Trinajstić information content (AvgIpc) is 2.64. The minimum Gasteiger partial charge on any atom is -0.310 e. The van der Waals surface area contributed by atoms with Crippen LogP contribution in [0.2, 0.25) is 0 Å². The second-order valence-corrected chi connectivity index (χ2v) is 6.18. The summed E-state index contributed by atoms with van der Waals surface area (Å²) in [7, 11) is 1.73. The molecule has 0 N–H and O–H groups in total. The fourth-order valence-corrected chi connectivity index (χ4v) is 2.71. The van der Waals surface area contributed by atoms with Crippen LogP contribution in [-0.2, 0) is 16.1 Å². The molecule has 0 saturated heterocycles. The third kappa shape index (κ3) is 3.94. The molecular weight excluding hydrogens is 314 g/mol. The maximum Gasteiger partial charge on any atom is 0.274 e. The van der Waals surface area contributed by atoms with Crippen LogP contribution in [-0.4, -0.2) is 29.6 Å². The molecule has 2 aromatic rings. The van der Waals surface area contributed by atoms with Gasteiger partial charge in [0, 0.05) is 25.6 Å². The van der Waals surface area contributed by atoms with Crippen LogP contribution in [0.1, 0.15) is 24.0 Å². The van der Waals surface area contributed by atoms with Crippen LogP contribution in [0.25, 0.3) is 0 Å². The second kappa shape index (κ2) is 7.30. The number of carbonyl (C=O) groups excluding carboxylic acids is 2. The Balaban J connectivity index is 1.78. The molecule has 1 heterocycles. The first kappa shape index (κ1) is 16.9. The molecule has 0 atom stereocenters. The Labute approximate surface area is 147 Å². The molecule has 0 saturated carbocycles. The average molecular weight is 335 g/mol. The minimum atomic E-state index is -0.172. The zero-order valence-corrected chi connectivity index (χ0v) is 14.5. The molecule has 0 aliphatic carbocycles. The second-order valence-electron chi connectivity index (χ2n) is 6.18. The smallest absolute Gasteiger partial charge is 0.274 e. The quantitative estimate of drug-likeness (QED) is 0.862. The van der Waals surface area contributed by atoms with E-state index in [0.717, 1.165) is 16.8 Å². The molecule has 1 aliphatic rings. The molecule has 0 aromatic heterocycles. The number of benzene rings is 2. The van der Waals surface area contributed by atoms with E-state index >= 15 is 0 Å². The highest BCUT2D eigenvalue weighted by atomic mass is 16.2. The number of nitrogens with zero attached hydrogens (tertiary/aromatic N) is 3. The Kier molecular flexibility index (Phi) is 4.93. The molecular formula is C20H21N3O2. The predicted molar refractivity (Wildman–Crippen MR) is 98.3 cm³/mol. The van der Waals surface area contributed by atoms with Gasteiger partial charge in [-0.2, -0.15) is 5.10 Å². The number of hydrogen-bond acceptors (Lipinski definition) is 3. The van der Waals surface area contributed by atoms with Crippen LogP contribution in [0, 0.1) is 6.92 Å². The lowest BCUT2D eigenvalue weighted by molar-refractivity contribution is -0.132. The number of rotatable bonds is 4. The highest BCUT2D eigenvalue weighted by molar-refractivity contribution is 6.44. The molecule has 128 valence electrons. The Morgan fingerprint density at radius 3 is 2.44 bits per heavy atom. The molecule has 5 heteroatoms. The van der Waals surface area contributed by atoms with Crippen molar-refractivity contribution >= 4 is 23.2 Å². The van der Waals surface area contributed by atoms with Crippen molar-refractivity contribution in [2.45, 2.75) is 26.3 Å². The van der Waals surface area contributed by atoms with E-state index < -0.39 is 0 Å². The van der Waals surface area contributed by atoms with E-state index in [2.05, 4.69) is 5.10 Å². The predicted octanol–water partition coefficient (Wildman–Crippen LogP) is 3.14. The Hall–Kier alpha value is -2.95. The summed E-state index contributed by atoms with van der Waals surface area (Å²) in [5.41, 5.74) is 3.35. The van der Waals surface area contributed by atoms with Gasteiger partial charge in [-0.15, -0.1) is 0 Å². The first-order valence-corrected chi connectivity index (χ1v) is 8.31. The fourth-order valence-electron chi connectivity index (χ4n) is 2.71. The van der Waals surface area contributed by atoms with Gasteiger partial charge in [-0.3, -0.25) is 9.59 Å². The highest BCUT2D eigenvalue weighted by Gasteiger charge is 2.26. The van der Waals surface area contributed by atoms with Gasteiger partial charge in [0.05, 0.1) is 6.54 Å². The SMILES string of the molecule is Cc1ccc(N(C)C(=O)C2=NN(Cc3ccccc3)C(=O)CC2)cc1. The van der Waals surface area contributed by atoms with Crippen molar-refractivity contribution in [1.82, 2.24) is 5.01 Å². The van der Waals surface area contributed by atoms with E-state index in [-0.39, 0.29) is 11.8 Å². The first-order valence-electron chi connectivity index (χ1n) is 8.31. The molecule has 1 aliphatic heterocycles. The Morgan fingerprint density at radius 2 is 1.76 bits per heavy atom. The van der Waals surface area contributed by atoms with Crippen LogP contribution in [0.15, 0.2) is 59.7 Å². The van der Waals surface area contributed by atoms with Crippen LogP contribution >= 0.6 is 0 Å². The zero-order valence-electron chi connectivity index (χ0n) is 14.5. The number of hydrogen-bond donors (Lipinski definition) is 0. The van der Waals surface area contributed by atoms with Gasteiger partial charge in [0.25, 0.3) is 5.91 Å². The summed E-state index contributed by atoms with van der Waals surface area (Å²) >= 11 is 0. The summed E-state index contributed by atoms with van der Waals surface area (Å²) in [5, 5.41) is 5.73.